The Morgan fingerprint density at radius 3 is 2.57 bits per heavy atom. The van der Waals surface area contributed by atoms with Crippen molar-refractivity contribution in [3.63, 3.8) is 0 Å². The van der Waals surface area contributed by atoms with Crippen LogP contribution in [0.5, 0.6) is 11.5 Å². The number of nitrogens with one attached hydrogen (secondary N) is 1. The highest BCUT2D eigenvalue weighted by Gasteiger charge is 2.38. The minimum atomic E-state index is 0.0466. The molecule has 1 aromatic carbocycles. The van der Waals surface area contributed by atoms with Crippen LogP contribution in [-0.4, -0.2) is 41.3 Å². The van der Waals surface area contributed by atoms with Gasteiger partial charge < -0.3 is 15.5 Å². The lowest BCUT2D eigenvalue weighted by Gasteiger charge is -2.47. The number of nitrogens with zero attached hydrogens (tertiary/aromatic N) is 1. The van der Waals surface area contributed by atoms with E-state index in [2.05, 4.69) is 17.1 Å². The number of benzene rings is 1. The molecule has 0 aliphatic carbocycles. The van der Waals surface area contributed by atoms with Gasteiger partial charge in [0.15, 0.2) is 0 Å². The third-order valence-electron chi connectivity index (χ3n) is 5.28. The first-order chi connectivity index (χ1) is 10.1. The van der Waals surface area contributed by atoms with Gasteiger partial charge in [0.2, 0.25) is 0 Å². The number of phenols is 2. The molecule has 2 unspecified atom stereocenters. The van der Waals surface area contributed by atoms with Gasteiger partial charge in [-0.3, -0.25) is 4.90 Å². The number of aromatic hydroxyl groups is 2. The zero-order valence-corrected chi connectivity index (χ0v) is 12.8. The molecular formula is C17H26N2O2. The summed E-state index contributed by atoms with van der Waals surface area (Å²) in [5, 5.41) is 23.7. The molecule has 0 bridgehead atoms. The third-order valence-corrected chi connectivity index (χ3v) is 5.28. The lowest BCUT2D eigenvalue weighted by molar-refractivity contribution is 0.0404. The molecule has 4 nitrogen and oxygen atoms in total. The Morgan fingerprint density at radius 1 is 1.19 bits per heavy atom. The quantitative estimate of drug-likeness (QED) is 0.784. The molecule has 0 amide bonds. The zero-order valence-electron chi connectivity index (χ0n) is 12.8. The predicted octanol–water partition coefficient (Wildman–Crippen LogP) is 2.62. The summed E-state index contributed by atoms with van der Waals surface area (Å²) >= 11 is 0. The van der Waals surface area contributed by atoms with E-state index in [0.29, 0.717) is 11.0 Å². The molecule has 3 rings (SSSR count). The largest absolute Gasteiger partial charge is 0.507 e. The number of rotatable bonds is 2. The van der Waals surface area contributed by atoms with Crippen molar-refractivity contribution in [1.82, 2.24) is 10.2 Å². The van der Waals surface area contributed by atoms with Crippen LogP contribution in [-0.2, 0) is 0 Å². The molecule has 0 saturated carbocycles. The van der Waals surface area contributed by atoms with Crippen molar-refractivity contribution in [2.75, 3.05) is 26.2 Å². The summed E-state index contributed by atoms with van der Waals surface area (Å²) in [6.45, 7) is 6.41. The first-order valence-corrected chi connectivity index (χ1v) is 8.07. The van der Waals surface area contributed by atoms with Crippen LogP contribution in [0.15, 0.2) is 18.2 Å². The first-order valence-electron chi connectivity index (χ1n) is 8.07. The van der Waals surface area contributed by atoms with Crippen molar-refractivity contribution >= 4 is 0 Å². The van der Waals surface area contributed by atoms with E-state index in [9.17, 15) is 10.2 Å². The van der Waals surface area contributed by atoms with E-state index < -0.39 is 0 Å². The van der Waals surface area contributed by atoms with Crippen molar-refractivity contribution in [3.8, 4) is 11.5 Å². The van der Waals surface area contributed by atoms with Crippen LogP contribution < -0.4 is 5.32 Å². The molecule has 4 heteroatoms. The molecule has 2 aliphatic rings. The van der Waals surface area contributed by atoms with Gasteiger partial charge in [0.25, 0.3) is 0 Å². The summed E-state index contributed by atoms with van der Waals surface area (Å²) in [6.07, 6.45) is 5.02. The second kappa shape index (κ2) is 5.85. The number of hydrogen-bond donors (Lipinski definition) is 3. The Hall–Kier alpha value is -1.26. The molecule has 1 aromatic rings. The second-order valence-electron chi connectivity index (χ2n) is 6.74. The van der Waals surface area contributed by atoms with E-state index in [0.717, 1.165) is 26.2 Å². The Morgan fingerprint density at radius 2 is 1.90 bits per heavy atom. The maximum absolute atomic E-state index is 10.1. The summed E-state index contributed by atoms with van der Waals surface area (Å²) in [5.41, 5.74) is 1.04. The van der Waals surface area contributed by atoms with Crippen molar-refractivity contribution in [2.45, 2.75) is 38.6 Å². The van der Waals surface area contributed by atoms with Gasteiger partial charge in [0.05, 0.1) is 5.56 Å². The van der Waals surface area contributed by atoms with Crippen LogP contribution >= 0.6 is 0 Å². The van der Waals surface area contributed by atoms with E-state index in [1.165, 1.54) is 25.7 Å². The molecule has 3 N–H and O–H groups in total. The zero-order chi connectivity index (χ0) is 14.9. The van der Waals surface area contributed by atoms with Gasteiger partial charge in [-0.05, 0) is 63.2 Å². The second-order valence-corrected chi connectivity index (χ2v) is 6.74. The van der Waals surface area contributed by atoms with Gasteiger partial charge in [-0.1, -0.05) is 6.07 Å². The van der Waals surface area contributed by atoms with Crippen LogP contribution in [0.2, 0.25) is 0 Å². The molecule has 1 spiro atoms. The molecular weight excluding hydrogens is 264 g/mol. The van der Waals surface area contributed by atoms with Crippen LogP contribution in [0.25, 0.3) is 0 Å². The molecule has 2 heterocycles. The SMILES string of the molecule is CC(c1c(O)cccc1O)N1CCCC2(CCCNC2)C1. The fourth-order valence-corrected chi connectivity index (χ4v) is 4.11. The minimum absolute atomic E-state index is 0.0466. The Balaban J connectivity index is 1.79. The Kier molecular flexibility index (Phi) is 4.09. The van der Waals surface area contributed by atoms with Gasteiger partial charge in [0.1, 0.15) is 11.5 Å². The van der Waals surface area contributed by atoms with E-state index in [-0.39, 0.29) is 17.5 Å². The Bertz CT molecular complexity index is 472. The molecule has 21 heavy (non-hydrogen) atoms. The van der Waals surface area contributed by atoms with Gasteiger partial charge >= 0.3 is 0 Å². The van der Waals surface area contributed by atoms with E-state index in [1.807, 2.05) is 0 Å². The van der Waals surface area contributed by atoms with Gasteiger partial charge in [-0.15, -0.1) is 0 Å². The van der Waals surface area contributed by atoms with Crippen LogP contribution in [0.4, 0.5) is 0 Å². The number of piperidine rings is 2. The topological polar surface area (TPSA) is 55.7 Å². The molecule has 2 atom stereocenters. The number of likely N-dealkylation sites (tertiary alicyclic amines) is 1. The molecule has 116 valence electrons. The van der Waals surface area contributed by atoms with E-state index in [1.54, 1.807) is 18.2 Å². The predicted molar refractivity (Wildman–Crippen MR) is 83.5 cm³/mol. The number of phenolic OH excluding ortho intramolecular Hbond substituents is 2. The monoisotopic (exact) mass is 290 g/mol. The highest BCUT2D eigenvalue weighted by atomic mass is 16.3. The van der Waals surface area contributed by atoms with Gasteiger partial charge in [-0.2, -0.15) is 0 Å². The first kappa shape index (κ1) is 14.7. The highest BCUT2D eigenvalue weighted by Crippen LogP contribution is 2.42. The van der Waals surface area contributed by atoms with Crippen molar-refractivity contribution in [1.29, 1.82) is 0 Å². The van der Waals surface area contributed by atoms with Gasteiger partial charge in [-0.25, -0.2) is 0 Å². The van der Waals surface area contributed by atoms with Crippen LogP contribution in [0.3, 0.4) is 0 Å². The average Bonchev–Trinajstić information content (AvgIpc) is 2.48. The molecule has 2 fully saturated rings. The Labute approximate surface area is 126 Å². The van der Waals surface area contributed by atoms with Crippen molar-refractivity contribution in [3.05, 3.63) is 23.8 Å². The number of hydrogen-bond acceptors (Lipinski definition) is 4. The summed E-state index contributed by atoms with van der Waals surface area (Å²) in [4.78, 5) is 2.42. The summed E-state index contributed by atoms with van der Waals surface area (Å²) in [7, 11) is 0. The maximum atomic E-state index is 10.1. The summed E-state index contributed by atoms with van der Waals surface area (Å²) < 4.78 is 0. The maximum Gasteiger partial charge on any atom is 0.124 e. The third kappa shape index (κ3) is 2.87. The van der Waals surface area contributed by atoms with E-state index >= 15 is 0 Å². The standard InChI is InChI=1S/C17H26N2O2/c1-13(16-14(20)5-2-6-15(16)21)19-10-4-8-17(12-19)7-3-9-18-11-17/h2,5-6,13,18,20-21H,3-4,7-12H2,1H3. The van der Waals surface area contributed by atoms with E-state index in [4.69, 9.17) is 0 Å². The van der Waals surface area contributed by atoms with Gasteiger partial charge in [0, 0.05) is 19.1 Å². The highest BCUT2D eigenvalue weighted by molar-refractivity contribution is 5.45. The lowest BCUT2D eigenvalue weighted by Crippen LogP contribution is -2.51. The lowest BCUT2D eigenvalue weighted by atomic mass is 9.74. The molecule has 2 aliphatic heterocycles. The fraction of sp³-hybridized carbons (Fsp3) is 0.647. The summed E-state index contributed by atoms with van der Waals surface area (Å²) in [6, 6.07) is 5.05. The minimum Gasteiger partial charge on any atom is -0.507 e. The molecule has 0 radical (unpaired) electrons. The molecule has 2 saturated heterocycles. The van der Waals surface area contributed by atoms with Crippen molar-refractivity contribution in [2.24, 2.45) is 5.41 Å². The van der Waals surface area contributed by atoms with Crippen LogP contribution in [0, 0.1) is 5.41 Å². The smallest absolute Gasteiger partial charge is 0.124 e. The van der Waals surface area contributed by atoms with Crippen molar-refractivity contribution < 1.29 is 10.2 Å². The molecule has 0 aromatic heterocycles. The van der Waals surface area contributed by atoms with Crippen LogP contribution in [0.1, 0.15) is 44.2 Å². The normalized spacial score (nSPS) is 28.6. The fourth-order valence-electron chi connectivity index (χ4n) is 4.11. The summed E-state index contributed by atoms with van der Waals surface area (Å²) in [5.74, 6) is 0.396. The average molecular weight is 290 g/mol.